The van der Waals surface area contributed by atoms with Crippen LogP contribution in [-0.2, 0) is 6.42 Å². The smallest absolute Gasteiger partial charge is 0.0345 e. The van der Waals surface area contributed by atoms with E-state index in [-0.39, 0.29) is 0 Å². The molecule has 0 aliphatic rings. The Kier molecular flexibility index (Phi) is 5.87. The summed E-state index contributed by atoms with van der Waals surface area (Å²) in [7, 11) is 0. The molecule has 1 unspecified atom stereocenters. The van der Waals surface area contributed by atoms with Crippen LogP contribution in [0.3, 0.4) is 0 Å². The largest absolute Gasteiger partial charge is 0.314 e. The molecular formula is C17H25NS. The summed E-state index contributed by atoms with van der Waals surface area (Å²) in [5.74, 6) is 0. The van der Waals surface area contributed by atoms with E-state index in [9.17, 15) is 0 Å². The van der Waals surface area contributed by atoms with Crippen LogP contribution in [-0.4, -0.2) is 12.6 Å². The molecule has 1 atom stereocenters. The summed E-state index contributed by atoms with van der Waals surface area (Å²) >= 11 is 1.88. The Morgan fingerprint density at radius 2 is 1.95 bits per heavy atom. The van der Waals surface area contributed by atoms with E-state index in [0.717, 1.165) is 6.54 Å². The molecule has 1 aromatic heterocycles. The number of benzene rings is 1. The second kappa shape index (κ2) is 7.66. The van der Waals surface area contributed by atoms with Crippen molar-refractivity contribution in [2.75, 3.05) is 6.54 Å². The summed E-state index contributed by atoms with van der Waals surface area (Å²) < 4.78 is 1.42. The van der Waals surface area contributed by atoms with Crippen molar-refractivity contribution < 1.29 is 0 Å². The van der Waals surface area contributed by atoms with E-state index >= 15 is 0 Å². The molecule has 1 nitrogen and oxygen atoms in total. The minimum Gasteiger partial charge on any atom is -0.314 e. The van der Waals surface area contributed by atoms with Gasteiger partial charge >= 0.3 is 0 Å². The zero-order chi connectivity index (χ0) is 13.5. The molecule has 0 bridgehead atoms. The first kappa shape index (κ1) is 14.5. The molecule has 2 aromatic rings. The molecule has 19 heavy (non-hydrogen) atoms. The summed E-state index contributed by atoms with van der Waals surface area (Å²) in [6.45, 7) is 5.66. The molecule has 2 rings (SSSR count). The maximum Gasteiger partial charge on any atom is 0.0345 e. The van der Waals surface area contributed by atoms with E-state index < -0.39 is 0 Å². The van der Waals surface area contributed by atoms with Crippen molar-refractivity contribution in [3.63, 3.8) is 0 Å². The first-order valence-corrected chi connectivity index (χ1v) is 8.41. The lowest BCUT2D eigenvalue weighted by Crippen LogP contribution is -2.30. The third kappa shape index (κ3) is 4.05. The molecule has 104 valence electrons. The fourth-order valence-electron chi connectivity index (χ4n) is 2.60. The Morgan fingerprint density at radius 3 is 2.74 bits per heavy atom. The normalized spacial score (nSPS) is 12.9. The van der Waals surface area contributed by atoms with Crippen LogP contribution in [0.5, 0.6) is 0 Å². The fraction of sp³-hybridized carbons (Fsp3) is 0.529. The third-order valence-corrected chi connectivity index (χ3v) is 4.66. The van der Waals surface area contributed by atoms with E-state index in [4.69, 9.17) is 0 Å². The van der Waals surface area contributed by atoms with E-state index in [1.807, 2.05) is 11.3 Å². The summed E-state index contributed by atoms with van der Waals surface area (Å²) in [6.07, 6.45) is 6.25. The second-order valence-electron chi connectivity index (χ2n) is 5.24. The maximum absolute atomic E-state index is 3.68. The summed E-state index contributed by atoms with van der Waals surface area (Å²) in [6, 6.07) is 9.45. The van der Waals surface area contributed by atoms with Crippen LogP contribution >= 0.6 is 11.3 Å². The van der Waals surface area contributed by atoms with Gasteiger partial charge in [0.15, 0.2) is 0 Å². The molecule has 1 N–H and O–H groups in total. The molecular weight excluding hydrogens is 250 g/mol. The molecule has 0 radical (unpaired) electrons. The number of aryl methyl sites for hydroxylation is 1. The summed E-state index contributed by atoms with van der Waals surface area (Å²) in [5, 5.41) is 7.48. The Morgan fingerprint density at radius 1 is 1.11 bits per heavy atom. The van der Waals surface area contributed by atoms with Gasteiger partial charge in [0.2, 0.25) is 0 Å². The highest BCUT2D eigenvalue weighted by Crippen LogP contribution is 2.27. The first-order chi connectivity index (χ1) is 9.35. The molecule has 2 heteroatoms. The Hall–Kier alpha value is -0.860. The minimum atomic E-state index is 0.684. The molecule has 0 fully saturated rings. The highest BCUT2D eigenvalue weighted by molar-refractivity contribution is 7.17. The van der Waals surface area contributed by atoms with Crippen molar-refractivity contribution in [3.8, 4) is 0 Å². The van der Waals surface area contributed by atoms with Crippen LogP contribution < -0.4 is 5.32 Å². The fourth-order valence-corrected chi connectivity index (χ4v) is 3.60. The Labute approximate surface area is 121 Å². The second-order valence-corrected chi connectivity index (χ2v) is 6.15. The van der Waals surface area contributed by atoms with Gasteiger partial charge in [-0.15, -0.1) is 11.3 Å². The van der Waals surface area contributed by atoms with Crippen molar-refractivity contribution in [1.82, 2.24) is 5.32 Å². The summed E-state index contributed by atoms with van der Waals surface area (Å²) in [5.41, 5.74) is 1.53. The quantitative estimate of drug-likeness (QED) is 0.714. The molecule has 1 aromatic carbocycles. The Balaban J connectivity index is 1.96. The predicted octanol–water partition coefficient (Wildman–Crippen LogP) is 5.00. The topological polar surface area (TPSA) is 12.0 Å². The monoisotopic (exact) mass is 275 g/mol. The van der Waals surface area contributed by atoms with Gasteiger partial charge in [-0.2, -0.15) is 0 Å². The number of nitrogens with one attached hydrogen (secondary N) is 1. The number of hydrogen-bond acceptors (Lipinski definition) is 2. The number of fused-ring (bicyclic) bond motifs is 1. The SMILES string of the molecule is CCCNC(CCC)CCc1csc2ccccc12. The van der Waals surface area contributed by atoms with Crippen LogP contribution in [0, 0.1) is 0 Å². The highest BCUT2D eigenvalue weighted by atomic mass is 32.1. The van der Waals surface area contributed by atoms with Gasteiger partial charge < -0.3 is 5.32 Å². The standard InChI is InChI=1S/C17H25NS/c1-3-7-15(18-12-4-2)11-10-14-13-19-17-9-6-5-8-16(14)17/h5-6,8-9,13,15,18H,3-4,7,10-12H2,1-2H3. The highest BCUT2D eigenvalue weighted by Gasteiger charge is 2.09. The van der Waals surface area contributed by atoms with Crippen molar-refractivity contribution in [2.24, 2.45) is 0 Å². The maximum atomic E-state index is 3.68. The van der Waals surface area contributed by atoms with Gasteiger partial charge in [0.05, 0.1) is 0 Å². The molecule has 1 heterocycles. The molecule has 0 spiro atoms. The Bertz CT molecular complexity index is 489. The minimum absolute atomic E-state index is 0.684. The van der Waals surface area contributed by atoms with E-state index in [2.05, 4.69) is 48.8 Å². The van der Waals surface area contributed by atoms with Crippen molar-refractivity contribution in [2.45, 2.75) is 52.0 Å². The van der Waals surface area contributed by atoms with E-state index in [1.54, 1.807) is 0 Å². The van der Waals surface area contributed by atoms with Crippen LogP contribution in [0.2, 0.25) is 0 Å². The zero-order valence-electron chi connectivity index (χ0n) is 12.1. The van der Waals surface area contributed by atoms with Gasteiger partial charge in [0.25, 0.3) is 0 Å². The van der Waals surface area contributed by atoms with E-state index in [0.29, 0.717) is 6.04 Å². The molecule has 0 aliphatic carbocycles. The van der Waals surface area contributed by atoms with Gasteiger partial charge in [0, 0.05) is 10.7 Å². The number of hydrogen-bond donors (Lipinski definition) is 1. The average Bonchev–Trinajstić information content (AvgIpc) is 2.85. The van der Waals surface area contributed by atoms with Gasteiger partial charge in [-0.1, -0.05) is 38.5 Å². The van der Waals surface area contributed by atoms with Gasteiger partial charge in [-0.3, -0.25) is 0 Å². The third-order valence-electron chi connectivity index (χ3n) is 3.64. The zero-order valence-corrected chi connectivity index (χ0v) is 12.9. The molecule has 0 amide bonds. The molecule has 0 saturated carbocycles. The van der Waals surface area contributed by atoms with Crippen LogP contribution in [0.4, 0.5) is 0 Å². The van der Waals surface area contributed by atoms with E-state index in [1.165, 1.54) is 47.8 Å². The van der Waals surface area contributed by atoms with Crippen LogP contribution in [0.15, 0.2) is 29.6 Å². The average molecular weight is 275 g/mol. The lowest BCUT2D eigenvalue weighted by atomic mass is 10.0. The molecule has 0 aliphatic heterocycles. The van der Waals surface area contributed by atoms with Crippen LogP contribution in [0.25, 0.3) is 10.1 Å². The van der Waals surface area contributed by atoms with Gasteiger partial charge in [-0.25, -0.2) is 0 Å². The van der Waals surface area contributed by atoms with Crippen molar-refractivity contribution in [1.29, 1.82) is 0 Å². The van der Waals surface area contributed by atoms with Gasteiger partial charge in [0.1, 0.15) is 0 Å². The van der Waals surface area contributed by atoms with Crippen LogP contribution in [0.1, 0.15) is 45.1 Å². The van der Waals surface area contributed by atoms with Gasteiger partial charge in [-0.05, 0) is 54.6 Å². The van der Waals surface area contributed by atoms with Crippen molar-refractivity contribution in [3.05, 3.63) is 35.2 Å². The lowest BCUT2D eigenvalue weighted by Gasteiger charge is -2.17. The van der Waals surface area contributed by atoms with Crippen molar-refractivity contribution >= 4 is 21.4 Å². The number of thiophene rings is 1. The summed E-state index contributed by atoms with van der Waals surface area (Å²) in [4.78, 5) is 0. The molecule has 0 saturated heterocycles. The lowest BCUT2D eigenvalue weighted by molar-refractivity contribution is 0.449. The predicted molar refractivity (Wildman–Crippen MR) is 87.1 cm³/mol. The first-order valence-electron chi connectivity index (χ1n) is 7.53. The number of rotatable bonds is 8.